The van der Waals surface area contributed by atoms with E-state index in [1.165, 1.54) is 67.7 Å². The van der Waals surface area contributed by atoms with E-state index in [1.54, 1.807) is 34.6 Å². The number of esters is 1. The summed E-state index contributed by atoms with van der Waals surface area (Å²) in [6, 6.07) is 8.99. The maximum absolute atomic E-state index is 12.6. The van der Waals surface area contributed by atoms with Crippen molar-refractivity contribution in [3.63, 3.8) is 0 Å². The fourth-order valence-corrected chi connectivity index (χ4v) is 6.87. The van der Waals surface area contributed by atoms with Gasteiger partial charge in [0.1, 0.15) is 47.2 Å². The van der Waals surface area contributed by atoms with Crippen molar-refractivity contribution in [1.82, 2.24) is 49.7 Å². The highest BCUT2D eigenvalue weighted by molar-refractivity contribution is 7.84. The Balaban J connectivity index is 0.000000584. The second-order valence-electron chi connectivity index (χ2n) is 19.8. The second-order valence-corrected chi connectivity index (χ2v) is 21.8. The Morgan fingerprint density at radius 2 is 0.989 bits per heavy atom. The number of nitrogens with one attached hydrogen (secondary N) is 2. The molecule has 0 aliphatic heterocycles. The van der Waals surface area contributed by atoms with Crippen molar-refractivity contribution in [3.05, 3.63) is 161 Å². The summed E-state index contributed by atoms with van der Waals surface area (Å²) in [4.78, 5) is 68.5. The summed E-state index contributed by atoms with van der Waals surface area (Å²) in [7, 11) is -1.29. The molecule has 90 heavy (non-hydrogen) atoms. The van der Waals surface area contributed by atoms with Gasteiger partial charge in [0.2, 0.25) is 12.2 Å². The summed E-state index contributed by atoms with van der Waals surface area (Å²) < 4.78 is 209. The van der Waals surface area contributed by atoms with Crippen LogP contribution < -0.4 is 28.2 Å². The fraction of sp³-hybridized carbons (Fsp3) is 0.426. The molecular weight excluding hydrogens is 1280 g/mol. The van der Waals surface area contributed by atoms with Crippen molar-refractivity contribution in [2.75, 3.05) is 0 Å². The minimum absolute atomic E-state index is 0. The van der Waals surface area contributed by atoms with Crippen LogP contribution >= 0.6 is 0 Å². The minimum atomic E-state index is -4.56. The normalized spacial score (nSPS) is 13.7. The molecule has 0 aromatic carbocycles. The van der Waals surface area contributed by atoms with E-state index < -0.39 is 111 Å². The zero-order valence-corrected chi connectivity index (χ0v) is 50.6. The van der Waals surface area contributed by atoms with Crippen molar-refractivity contribution in [2.24, 2.45) is 4.99 Å². The maximum Gasteiger partial charge on any atom is 0.433 e. The van der Waals surface area contributed by atoms with Crippen LogP contribution in [0.3, 0.4) is 0 Å². The lowest BCUT2D eigenvalue weighted by atomic mass is 10.1. The van der Waals surface area contributed by atoms with Gasteiger partial charge in [0.15, 0.2) is 5.78 Å². The highest BCUT2D eigenvalue weighted by Crippen LogP contribution is 2.32. The Hall–Kier alpha value is -8.01. The van der Waals surface area contributed by atoms with Gasteiger partial charge in [0.25, 0.3) is 0 Å². The summed E-state index contributed by atoms with van der Waals surface area (Å²) in [5.41, 5.74) is 1.09. The SMILES string of the molecule is CC(=O)c1ccc(C(F)(F)F)nc1.CC(C)OC(=O)[C@@H](Cn1cncn1)OC(=O)N[C@H](C)c1ccc(C(F)(F)F)nc1.C[C@@H](N=C=O)c1ccc(C(F)(F)F)nc1.C[C@@H](N[S@](=O)C(C)(C)C)c1ccc(C(F)(F)F)nc1.C[C@@H]([NH3+])c1ccc(C(F)(F)F)nc1.[Cl-]. The smallest absolute Gasteiger partial charge is 0.433 e. The third-order valence-corrected chi connectivity index (χ3v) is 12.6. The number of aliphatic imine (C=N–C) groups is 1. The molecule has 19 nitrogen and oxygen atoms in total. The van der Waals surface area contributed by atoms with Gasteiger partial charge >= 0.3 is 42.9 Å². The maximum atomic E-state index is 12.6. The number of aromatic nitrogens is 8. The van der Waals surface area contributed by atoms with Crippen molar-refractivity contribution in [1.29, 1.82) is 0 Å². The molecule has 5 N–H and O–H groups in total. The van der Waals surface area contributed by atoms with Gasteiger partial charge in [-0.1, -0.05) is 18.2 Å². The van der Waals surface area contributed by atoms with Crippen LogP contribution in [0, 0.1) is 0 Å². The average Bonchev–Trinajstić information content (AvgIpc) is 1.28. The lowest BCUT2D eigenvalue weighted by Gasteiger charge is -2.22. The molecule has 6 atom stereocenters. The average molecular weight is 1340 g/mol. The van der Waals surface area contributed by atoms with Gasteiger partial charge in [0, 0.05) is 48.2 Å². The van der Waals surface area contributed by atoms with Gasteiger partial charge < -0.3 is 32.9 Å². The van der Waals surface area contributed by atoms with Crippen LogP contribution in [0.1, 0.15) is 154 Å². The minimum Gasteiger partial charge on any atom is -1.00 e. The third kappa shape index (κ3) is 28.6. The van der Waals surface area contributed by atoms with Crippen molar-refractivity contribution >= 4 is 34.9 Å². The number of rotatable bonds is 14. The summed E-state index contributed by atoms with van der Waals surface area (Å²) in [6.07, 6.45) is -15.7. The molecule has 0 bridgehead atoms. The van der Waals surface area contributed by atoms with E-state index in [1.807, 2.05) is 20.8 Å². The van der Waals surface area contributed by atoms with Crippen molar-refractivity contribution in [2.45, 2.75) is 148 Å². The van der Waals surface area contributed by atoms with Crippen LogP contribution in [0.25, 0.3) is 0 Å². The standard InChI is InChI=1S/C17H20F3N5O4.C12H17F3N2OS.C9H7F3N2O.C8H9F3N2.C8H6F3NO.ClH/c1-10(2)28-15(26)13(7-25-9-21-8-23-25)29-16(27)24-11(3)12-4-5-14(22-6-12)17(18,19)20;1-8(17-19(18)11(2,3)4)9-5-6-10(16-7-9)12(13,14)15;1-6(14-5-15)7-2-3-8(13-4-7)9(10,11)12;1-5(12)6-2-3-7(13-4-6)8(9,10)11;1-5(13)6-2-3-7(12-4-6)8(9,10)11;/h4-6,8-11,13H,7H2,1-3H3,(H,24,27);5-8,17H,1-4H3;2-4,6H,1H3;2-5H,12H2,1H3;2-4H,1H3;1H/t11-,13-;8-,19-;6-;5-;;/m1111../s1. The Morgan fingerprint density at radius 3 is 1.30 bits per heavy atom. The first-order valence-electron chi connectivity index (χ1n) is 25.6. The number of alkyl carbamates (subject to hydrolysis) is 1. The molecule has 0 spiro atoms. The van der Waals surface area contributed by atoms with E-state index in [0.29, 0.717) is 22.3 Å². The highest BCUT2D eigenvalue weighted by atomic mass is 35.5. The molecule has 6 rings (SSSR count). The van der Waals surface area contributed by atoms with Crippen LogP contribution in [0.15, 0.2) is 109 Å². The summed E-state index contributed by atoms with van der Waals surface area (Å²) in [5, 5.41) is 6.28. The predicted octanol–water partition coefficient (Wildman–Crippen LogP) is 8.92. The number of amides is 1. The number of alkyl halides is 15. The fourth-order valence-electron chi connectivity index (χ4n) is 6.06. The number of carbonyl (C=O) groups is 3. The van der Waals surface area contributed by atoms with Crippen LogP contribution in [-0.4, -0.2) is 84.8 Å². The number of hydrogen-bond acceptors (Lipinski definition) is 15. The van der Waals surface area contributed by atoms with E-state index in [2.05, 4.69) is 55.8 Å². The molecule has 0 fully saturated rings. The Kier molecular flexibility index (Phi) is 31.0. The van der Waals surface area contributed by atoms with E-state index >= 15 is 0 Å². The predicted molar refractivity (Wildman–Crippen MR) is 287 cm³/mol. The third-order valence-electron chi connectivity index (χ3n) is 10.9. The van der Waals surface area contributed by atoms with Gasteiger partial charge in [-0.3, -0.25) is 29.7 Å². The van der Waals surface area contributed by atoms with Crippen molar-refractivity contribution in [3.8, 4) is 0 Å². The molecule has 0 aliphatic rings. The largest absolute Gasteiger partial charge is 1.00 e. The molecule has 1 amide bonds. The Bertz CT molecular complexity index is 3220. The number of quaternary nitrogens is 1. The topological polar surface area (TPSA) is 263 Å². The molecule has 496 valence electrons. The molecule has 0 saturated carbocycles. The number of pyridine rings is 5. The first-order valence-corrected chi connectivity index (χ1v) is 26.7. The number of isocyanates is 1. The Morgan fingerprint density at radius 1 is 0.600 bits per heavy atom. The van der Waals surface area contributed by atoms with E-state index in [-0.39, 0.29) is 42.4 Å². The van der Waals surface area contributed by atoms with Crippen LogP contribution in [0.4, 0.5) is 70.7 Å². The van der Waals surface area contributed by atoms with Crippen molar-refractivity contribution < 1.29 is 117 Å². The highest BCUT2D eigenvalue weighted by Gasteiger charge is 2.36. The molecule has 6 aromatic rings. The number of ketones is 1. The second kappa shape index (κ2) is 34.8. The van der Waals surface area contributed by atoms with E-state index in [0.717, 1.165) is 61.2 Å². The van der Waals surface area contributed by atoms with E-state index in [9.17, 15) is 89.2 Å². The molecule has 6 heterocycles. The number of Topliss-reactive ketones (excluding diaryl/α,β-unsaturated/α-hetero) is 1. The first kappa shape index (κ1) is 80.0. The zero-order chi connectivity index (χ0) is 68.0. The number of carbonyl (C=O) groups excluding carboxylic acids is 4. The quantitative estimate of drug-likeness (QED) is 0.0302. The van der Waals surface area contributed by atoms with Crippen LogP contribution in [0.5, 0.6) is 0 Å². The number of halogens is 16. The first-order chi connectivity index (χ1) is 40.8. The zero-order valence-electron chi connectivity index (χ0n) is 49.0. The monoisotopic (exact) mass is 1340 g/mol. The Labute approximate surface area is 513 Å². The molecule has 6 aromatic heterocycles. The number of ether oxygens (including phenoxy) is 2. The molecule has 0 saturated heterocycles. The van der Waals surface area contributed by atoms with Gasteiger partial charge in [-0.05, 0) is 128 Å². The molecule has 0 unspecified atom stereocenters. The van der Waals surface area contributed by atoms with Gasteiger partial charge in [-0.2, -0.15) is 75.9 Å². The lowest BCUT2D eigenvalue weighted by molar-refractivity contribution is -0.420. The van der Waals surface area contributed by atoms with Gasteiger partial charge in [-0.15, -0.1) is 0 Å². The molecular formula is C54H60ClF15N12O7S. The van der Waals surface area contributed by atoms with Crippen LogP contribution in [-0.2, 0) is 67.5 Å². The number of hydrogen-bond donors (Lipinski definition) is 3. The summed E-state index contributed by atoms with van der Waals surface area (Å²) in [5.74, 6) is -1.07. The lowest BCUT2D eigenvalue weighted by Crippen LogP contribution is -3.00. The van der Waals surface area contributed by atoms with Gasteiger partial charge in [-0.25, -0.2) is 33.0 Å². The van der Waals surface area contributed by atoms with E-state index in [4.69, 9.17) is 9.47 Å². The summed E-state index contributed by atoms with van der Waals surface area (Å²) in [6.45, 7) is 16.5. The molecule has 0 radical (unpaired) electrons. The molecule has 0 aliphatic carbocycles. The van der Waals surface area contributed by atoms with Gasteiger partial charge in [0.05, 0.1) is 40.5 Å². The number of nitrogens with zero attached hydrogens (tertiary/aromatic N) is 9. The van der Waals surface area contributed by atoms with Crippen LogP contribution in [0.2, 0.25) is 0 Å². The molecule has 36 heteroatoms. The summed E-state index contributed by atoms with van der Waals surface area (Å²) >= 11 is 0.